The second kappa shape index (κ2) is 20.1. The maximum atomic E-state index is 12.7. The minimum Gasteiger partial charge on any atom is -0.496 e. The molecule has 1 aromatic carbocycles. The van der Waals surface area contributed by atoms with Gasteiger partial charge in [-0.1, -0.05) is 37.1 Å². The number of carboxylic acid groups (broad SMARTS) is 2. The number of nitrogens with two attached hydrogens (primary N) is 2. The monoisotopic (exact) mass is 780 g/mol. The zero-order valence-corrected chi connectivity index (χ0v) is 32.2. The van der Waals surface area contributed by atoms with E-state index in [1.165, 1.54) is 5.56 Å². The van der Waals surface area contributed by atoms with Crippen LogP contribution in [0.25, 0.3) is 11.0 Å². The summed E-state index contributed by atoms with van der Waals surface area (Å²) in [6.07, 6.45) is 6.65. The molecule has 19 heteroatoms. The van der Waals surface area contributed by atoms with Gasteiger partial charge in [0.15, 0.2) is 5.82 Å². The molecule has 1 saturated heterocycles. The van der Waals surface area contributed by atoms with Crippen LogP contribution in [0.15, 0.2) is 36.7 Å². The lowest BCUT2D eigenvalue weighted by molar-refractivity contribution is -0.138. The van der Waals surface area contributed by atoms with Crippen molar-refractivity contribution in [3.05, 3.63) is 53.5 Å². The van der Waals surface area contributed by atoms with Crippen molar-refractivity contribution in [1.29, 1.82) is 0 Å². The molecule has 1 amide bonds. The summed E-state index contributed by atoms with van der Waals surface area (Å²) in [5, 5.41) is 31.6. The number of unbranched alkanes of at least 4 members (excludes halogenated alkanes) is 2. The molecular weight excluding hydrogens is 729 g/mol. The number of methoxy groups -OCH3 is 1. The highest BCUT2D eigenvalue weighted by Gasteiger charge is 2.25. The Morgan fingerprint density at radius 2 is 1.82 bits per heavy atom. The molecule has 2 atom stereocenters. The Hall–Kier alpha value is -4.98. The van der Waals surface area contributed by atoms with E-state index in [2.05, 4.69) is 70.4 Å². The van der Waals surface area contributed by atoms with Crippen molar-refractivity contribution >= 4 is 52.4 Å². The molecule has 0 aliphatic carbocycles. The molecular formula is C36H52N12O6S. The number of hydrogen-bond donors (Lipinski definition) is 6. The fraction of sp³-hybridized carbons (Fsp3) is 0.528. The first kappa shape index (κ1) is 41.2. The van der Waals surface area contributed by atoms with Crippen molar-refractivity contribution in [2.75, 3.05) is 63.2 Å². The number of nitrogens with one attached hydrogen (secondary N) is 2. The second-order valence-corrected chi connectivity index (χ2v) is 14.8. The van der Waals surface area contributed by atoms with Crippen molar-refractivity contribution in [2.45, 2.75) is 70.1 Å². The van der Waals surface area contributed by atoms with Crippen LogP contribution in [-0.4, -0.2) is 131 Å². The van der Waals surface area contributed by atoms with Gasteiger partial charge in [0.05, 0.1) is 50.1 Å². The van der Waals surface area contributed by atoms with Gasteiger partial charge in [0.2, 0.25) is 11.9 Å². The number of aliphatic carboxylic acids is 2. The number of anilines is 2. The molecule has 0 radical (unpaired) electrons. The van der Waals surface area contributed by atoms with Crippen LogP contribution in [0.3, 0.4) is 0 Å². The topological polar surface area (TPSA) is 245 Å². The number of rotatable bonds is 22. The van der Waals surface area contributed by atoms with Crippen LogP contribution in [0.4, 0.5) is 11.8 Å². The SMILES string of the molecule is CCCCCNc1nc(N)nc2ccn(Cc3ccc(CN4CCN(CCn5cc(CNC(=O)C(CC(=O)O)SC[C@H](N)C(=O)O)nn5)CC4)cc3OC)c12. The number of nitrogen functional groups attached to an aromatic ring is 1. The highest BCUT2D eigenvalue weighted by molar-refractivity contribution is 8.00. The summed E-state index contributed by atoms with van der Waals surface area (Å²) in [6.45, 7) is 9.53. The summed E-state index contributed by atoms with van der Waals surface area (Å²) in [5.74, 6) is -1.18. The normalized spacial score (nSPS) is 14.8. The summed E-state index contributed by atoms with van der Waals surface area (Å²) < 4.78 is 9.72. The van der Waals surface area contributed by atoms with E-state index >= 15 is 0 Å². The van der Waals surface area contributed by atoms with Crippen LogP contribution < -0.4 is 26.8 Å². The predicted octanol–water partition coefficient (Wildman–Crippen LogP) is 1.69. The zero-order chi connectivity index (χ0) is 39.3. The standard InChI is InChI=1S/C36H52N12O6S/c1-3-4-5-9-39-33-32-28(41-36(38)42-33)8-10-47(32)21-25-7-6-24(17-29(25)54-2)20-46-13-11-45(12-14-46)15-16-48-22-26(43-44-48)19-40-34(51)30(18-31(49)50)55-23-27(37)35(52)53/h6-8,10,17,22,27,30H,3-5,9,11-16,18-21,23,37H2,1-2H3,(H,40,51)(H,49,50)(H,52,53)(H3,38,39,41,42)/t27-,30?/m0/s1. The maximum absolute atomic E-state index is 12.7. The molecule has 0 spiro atoms. The number of thioether (sulfide) groups is 1. The van der Waals surface area contributed by atoms with E-state index in [1.54, 1.807) is 18.0 Å². The Balaban J connectivity index is 1.07. The summed E-state index contributed by atoms with van der Waals surface area (Å²) in [5.41, 5.74) is 16.0. The molecule has 55 heavy (non-hydrogen) atoms. The Bertz CT molecular complexity index is 1900. The van der Waals surface area contributed by atoms with Gasteiger partial charge < -0.3 is 41.6 Å². The first-order chi connectivity index (χ1) is 26.5. The number of piperazine rings is 1. The minimum absolute atomic E-state index is 0.0658. The molecule has 1 unspecified atom stereocenters. The quantitative estimate of drug-likeness (QED) is 0.0622. The molecule has 3 aromatic heterocycles. The third kappa shape index (κ3) is 12.0. The first-order valence-corrected chi connectivity index (χ1v) is 19.5. The Morgan fingerprint density at radius 3 is 2.55 bits per heavy atom. The fourth-order valence-electron chi connectivity index (χ4n) is 6.33. The number of amides is 1. The molecule has 0 saturated carbocycles. The van der Waals surface area contributed by atoms with E-state index in [9.17, 15) is 19.5 Å². The lowest BCUT2D eigenvalue weighted by Gasteiger charge is -2.34. The van der Waals surface area contributed by atoms with Crippen molar-refractivity contribution in [3.63, 3.8) is 0 Å². The van der Waals surface area contributed by atoms with E-state index in [1.807, 2.05) is 12.3 Å². The first-order valence-electron chi connectivity index (χ1n) is 18.5. The van der Waals surface area contributed by atoms with Crippen LogP contribution >= 0.6 is 11.8 Å². The van der Waals surface area contributed by atoms with E-state index in [4.69, 9.17) is 21.3 Å². The number of carbonyl (C=O) groups excluding carboxylic acids is 1. The number of carbonyl (C=O) groups is 3. The molecule has 0 bridgehead atoms. The predicted molar refractivity (Wildman–Crippen MR) is 210 cm³/mol. The third-order valence-corrected chi connectivity index (χ3v) is 10.7. The largest absolute Gasteiger partial charge is 0.496 e. The summed E-state index contributed by atoms with van der Waals surface area (Å²) >= 11 is 0.901. The van der Waals surface area contributed by atoms with Gasteiger partial charge in [0.25, 0.3) is 0 Å². The van der Waals surface area contributed by atoms with Gasteiger partial charge in [-0.2, -0.15) is 4.98 Å². The van der Waals surface area contributed by atoms with Crippen LogP contribution in [0.5, 0.6) is 5.75 Å². The average Bonchev–Trinajstić information content (AvgIpc) is 3.80. The third-order valence-electron chi connectivity index (χ3n) is 9.39. The minimum atomic E-state index is -1.22. The van der Waals surface area contributed by atoms with Gasteiger partial charge >= 0.3 is 11.9 Å². The van der Waals surface area contributed by atoms with E-state index in [0.29, 0.717) is 18.8 Å². The maximum Gasteiger partial charge on any atom is 0.321 e. The van der Waals surface area contributed by atoms with Gasteiger partial charge in [-0.05, 0) is 24.1 Å². The molecule has 298 valence electrons. The number of hydrogen-bond acceptors (Lipinski definition) is 14. The number of benzene rings is 1. The van der Waals surface area contributed by atoms with Crippen LogP contribution in [0.1, 0.15) is 49.4 Å². The Labute approximate surface area is 324 Å². The smallest absolute Gasteiger partial charge is 0.321 e. The number of aromatic nitrogens is 6. The molecule has 1 aliphatic heterocycles. The highest BCUT2D eigenvalue weighted by Crippen LogP contribution is 2.28. The molecule has 1 aliphatic rings. The molecule has 18 nitrogen and oxygen atoms in total. The lowest BCUT2D eigenvalue weighted by Crippen LogP contribution is -2.46. The molecule has 8 N–H and O–H groups in total. The zero-order valence-electron chi connectivity index (χ0n) is 31.4. The number of ether oxygens (including phenoxy) is 1. The van der Waals surface area contributed by atoms with Crippen molar-refractivity contribution in [3.8, 4) is 5.75 Å². The van der Waals surface area contributed by atoms with Crippen LogP contribution in [0.2, 0.25) is 0 Å². The molecule has 4 aromatic rings. The van der Waals surface area contributed by atoms with Gasteiger partial charge in [-0.3, -0.25) is 28.9 Å². The number of nitrogens with zero attached hydrogens (tertiary/aromatic N) is 8. The van der Waals surface area contributed by atoms with Crippen molar-refractivity contribution in [2.24, 2.45) is 5.73 Å². The Morgan fingerprint density at radius 1 is 1.04 bits per heavy atom. The lowest BCUT2D eigenvalue weighted by atomic mass is 10.1. The summed E-state index contributed by atoms with van der Waals surface area (Å²) in [6, 6.07) is 7.19. The van der Waals surface area contributed by atoms with Crippen molar-refractivity contribution in [1.82, 2.24) is 44.6 Å². The van der Waals surface area contributed by atoms with Crippen LogP contribution in [-0.2, 0) is 40.6 Å². The number of fused-ring (bicyclic) bond motifs is 1. The summed E-state index contributed by atoms with van der Waals surface area (Å²) in [4.78, 5) is 48.7. The van der Waals surface area contributed by atoms with Gasteiger partial charge in [0.1, 0.15) is 23.0 Å². The van der Waals surface area contributed by atoms with Crippen LogP contribution in [0, 0.1) is 0 Å². The van der Waals surface area contributed by atoms with E-state index in [-0.39, 0.29) is 18.2 Å². The summed E-state index contributed by atoms with van der Waals surface area (Å²) in [7, 11) is 1.70. The molecule has 1 fully saturated rings. The molecule has 4 heterocycles. The highest BCUT2D eigenvalue weighted by atomic mass is 32.2. The molecule has 5 rings (SSSR count). The number of carboxylic acids is 2. The van der Waals surface area contributed by atoms with Gasteiger partial charge in [0, 0.05) is 63.3 Å². The van der Waals surface area contributed by atoms with E-state index in [0.717, 1.165) is 105 Å². The average molecular weight is 781 g/mol. The van der Waals surface area contributed by atoms with Crippen molar-refractivity contribution < 1.29 is 29.3 Å². The fourth-order valence-corrected chi connectivity index (χ4v) is 7.41. The second-order valence-electron chi connectivity index (χ2n) is 13.6. The Kier molecular flexibility index (Phi) is 15.0. The van der Waals surface area contributed by atoms with Gasteiger partial charge in [-0.25, -0.2) is 4.98 Å². The van der Waals surface area contributed by atoms with E-state index < -0.39 is 35.6 Å². The van der Waals surface area contributed by atoms with Gasteiger partial charge in [-0.15, -0.1) is 16.9 Å².